The second-order valence-corrected chi connectivity index (χ2v) is 5.76. The van der Waals surface area contributed by atoms with Crippen molar-refractivity contribution in [1.29, 1.82) is 0 Å². The number of likely N-dealkylation sites (tertiary alicyclic amines) is 1. The molecule has 14 nitrogen and oxygen atoms in total. The first-order chi connectivity index (χ1) is 13.3. The van der Waals surface area contributed by atoms with Gasteiger partial charge in [0.25, 0.3) is 0 Å². The Labute approximate surface area is 165 Å². The third kappa shape index (κ3) is 15.5. The molecule has 1 heterocycles. The minimum atomic E-state index is -1.17. The fraction of sp³-hybridized carbons (Fsp3) is 0.600. The van der Waals surface area contributed by atoms with E-state index < -0.39 is 42.0 Å². The van der Waals surface area contributed by atoms with Gasteiger partial charge >= 0.3 is 24.0 Å². The topological polar surface area (TPSA) is 265 Å². The summed E-state index contributed by atoms with van der Waals surface area (Å²) >= 11 is 0. The minimum Gasteiger partial charge on any atom is -0.481 e. The molecule has 1 saturated heterocycles. The molecule has 0 aromatic carbocycles. The minimum absolute atomic E-state index is 0.0213. The van der Waals surface area contributed by atoms with E-state index in [0.29, 0.717) is 19.4 Å². The van der Waals surface area contributed by atoms with Crippen molar-refractivity contribution in [3.8, 4) is 0 Å². The fourth-order valence-electron chi connectivity index (χ4n) is 1.67. The average molecular weight is 422 g/mol. The molecule has 0 radical (unpaired) electrons. The van der Waals surface area contributed by atoms with Crippen molar-refractivity contribution in [3.05, 3.63) is 0 Å². The number of rotatable bonds is 8. The third-order valence-electron chi connectivity index (χ3n) is 3.31. The van der Waals surface area contributed by atoms with Crippen molar-refractivity contribution in [2.45, 2.75) is 50.6 Å². The molecule has 2 atom stereocenters. The SMILES string of the molecule is NC(=O)CCC(N)C(=O)O.NC(CCC(=O)O)C(=O)O.O=C(O)N1CCCC1=O. The number of aliphatic carboxylic acids is 3. The Bertz CT molecular complexity index is 576. The van der Waals surface area contributed by atoms with Gasteiger partial charge < -0.3 is 37.6 Å². The lowest BCUT2D eigenvalue weighted by Crippen LogP contribution is -2.31. The predicted molar refractivity (Wildman–Crippen MR) is 95.5 cm³/mol. The van der Waals surface area contributed by atoms with E-state index in [4.69, 9.17) is 37.6 Å². The second-order valence-electron chi connectivity index (χ2n) is 5.76. The number of hydrogen-bond acceptors (Lipinski definition) is 8. The number of hydrogen-bond donors (Lipinski definition) is 7. The molecule has 0 saturated carbocycles. The molecule has 1 fully saturated rings. The molecular weight excluding hydrogens is 396 g/mol. The number of amides is 3. The van der Waals surface area contributed by atoms with Gasteiger partial charge in [0.2, 0.25) is 11.8 Å². The van der Waals surface area contributed by atoms with E-state index >= 15 is 0 Å². The highest BCUT2D eigenvalue weighted by atomic mass is 16.4. The number of carboxylic acid groups (broad SMARTS) is 4. The first-order valence-electron chi connectivity index (χ1n) is 8.29. The monoisotopic (exact) mass is 422 g/mol. The maximum absolute atomic E-state index is 10.6. The Kier molecular flexibility index (Phi) is 14.2. The number of nitrogens with zero attached hydrogens (tertiary/aromatic N) is 1. The van der Waals surface area contributed by atoms with Crippen molar-refractivity contribution in [1.82, 2.24) is 4.90 Å². The molecule has 1 rings (SSSR count). The fourth-order valence-corrected chi connectivity index (χ4v) is 1.67. The maximum atomic E-state index is 10.6. The summed E-state index contributed by atoms with van der Waals surface area (Å²) in [6.45, 7) is 0.369. The molecule has 2 unspecified atom stereocenters. The van der Waals surface area contributed by atoms with Crippen LogP contribution in [-0.2, 0) is 24.0 Å². The Hall–Kier alpha value is -3.26. The smallest absolute Gasteiger partial charge is 0.414 e. The summed E-state index contributed by atoms with van der Waals surface area (Å²) in [7, 11) is 0. The van der Waals surface area contributed by atoms with Crippen LogP contribution in [0.5, 0.6) is 0 Å². The number of carboxylic acids is 3. The largest absolute Gasteiger partial charge is 0.481 e. The van der Waals surface area contributed by atoms with E-state index in [-0.39, 0.29) is 31.6 Å². The zero-order chi connectivity index (χ0) is 23.1. The lowest BCUT2D eigenvalue weighted by molar-refractivity contribution is -0.140. The van der Waals surface area contributed by atoms with Gasteiger partial charge in [0.1, 0.15) is 12.1 Å². The van der Waals surface area contributed by atoms with Crippen molar-refractivity contribution in [3.63, 3.8) is 0 Å². The molecular formula is C15H26N4O10. The summed E-state index contributed by atoms with van der Waals surface area (Å²) in [5, 5.41) is 32.8. The first kappa shape index (κ1) is 28.0. The Morgan fingerprint density at radius 1 is 0.897 bits per heavy atom. The number of primary amides is 1. The lowest BCUT2D eigenvalue weighted by Gasteiger charge is -2.05. The molecule has 0 aromatic heterocycles. The van der Waals surface area contributed by atoms with Crippen LogP contribution in [0.15, 0.2) is 0 Å². The average Bonchev–Trinajstić information content (AvgIpc) is 3.04. The summed E-state index contributed by atoms with van der Waals surface area (Å²) < 4.78 is 0. The Morgan fingerprint density at radius 2 is 1.34 bits per heavy atom. The summed E-state index contributed by atoms with van der Waals surface area (Å²) in [5.41, 5.74) is 14.8. The molecule has 10 N–H and O–H groups in total. The first-order valence-corrected chi connectivity index (χ1v) is 8.29. The molecule has 166 valence electrons. The van der Waals surface area contributed by atoms with Crippen LogP contribution in [0.1, 0.15) is 38.5 Å². The standard InChI is InChI=1S/C5H10N2O3.C5H9NO4.C5H7NO3/c2*6-3(5(9)10)1-2-4(7)8;7-4-2-1-3-6(4)5(8)9/h3H,1-2,6H2,(H2,7,8)(H,9,10);3H,1-2,6H2,(H,7,8)(H,9,10);1-3H2,(H,8,9). The van der Waals surface area contributed by atoms with Crippen molar-refractivity contribution in [2.24, 2.45) is 17.2 Å². The van der Waals surface area contributed by atoms with Crippen molar-refractivity contribution >= 4 is 35.8 Å². The van der Waals surface area contributed by atoms with Gasteiger partial charge in [0.05, 0.1) is 0 Å². The van der Waals surface area contributed by atoms with Crippen molar-refractivity contribution < 1.29 is 49.2 Å². The quantitative estimate of drug-likeness (QED) is 0.229. The van der Waals surface area contributed by atoms with Gasteiger partial charge in [-0.05, 0) is 19.3 Å². The van der Waals surface area contributed by atoms with Crippen LogP contribution in [0.25, 0.3) is 0 Å². The number of carbonyl (C=O) groups is 6. The van der Waals surface area contributed by atoms with Gasteiger partial charge in [0.15, 0.2) is 0 Å². The third-order valence-corrected chi connectivity index (χ3v) is 3.31. The molecule has 0 aliphatic carbocycles. The maximum Gasteiger partial charge on any atom is 0.414 e. The molecule has 1 aliphatic rings. The van der Waals surface area contributed by atoms with Gasteiger partial charge in [-0.1, -0.05) is 0 Å². The van der Waals surface area contributed by atoms with E-state index in [0.717, 1.165) is 4.90 Å². The van der Waals surface area contributed by atoms with Crippen LogP contribution in [0.4, 0.5) is 4.79 Å². The Morgan fingerprint density at radius 3 is 1.59 bits per heavy atom. The molecule has 0 bridgehead atoms. The zero-order valence-corrected chi connectivity index (χ0v) is 15.5. The van der Waals surface area contributed by atoms with E-state index in [2.05, 4.69) is 0 Å². The summed E-state index contributed by atoms with van der Waals surface area (Å²) in [5.74, 6) is -4.11. The summed E-state index contributed by atoms with van der Waals surface area (Å²) in [6.07, 6.45) is -0.175. The highest BCUT2D eigenvalue weighted by Crippen LogP contribution is 2.08. The lowest BCUT2D eigenvalue weighted by atomic mass is 10.2. The number of carbonyl (C=O) groups excluding carboxylic acids is 2. The van der Waals surface area contributed by atoms with Gasteiger partial charge in [-0.3, -0.25) is 24.0 Å². The number of imide groups is 1. The van der Waals surface area contributed by atoms with E-state index in [9.17, 15) is 28.8 Å². The Balaban J connectivity index is 0. The number of nitrogens with two attached hydrogens (primary N) is 3. The summed E-state index contributed by atoms with van der Waals surface area (Å²) in [4.78, 5) is 61.5. The van der Waals surface area contributed by atoms with Crippen LogP contribution in [0.3, 0.4) is 0 Å². The van der Waals surface area contributed by atoms with Crippen LogP contribution >= 0.6 is 0 Å². The van der Waals surface area contributed by atoms with Crippen LogP contribution in [0, 0.1) is 0 Å². The van der Waals surface area contributed by atoms with Crippen LogP contribution in [0.2, 0.25) is 0 Å². The van der Waals surface area contributed by atoms with E-state index in [1.165, 1.54) is 0 Å². The zero-order valence-electron chi connectivity index (χ0n) is 15.5. The van der Waals surface area contributed by atoms with Crippen molar-refractivity contribution in [2.75, 3.05) is 6.54 Å². The molecule has 1 aliphatic heterocycles. The van der Waals surface area contributed by atoms with Gasteiger partial charge in [-0.25, -0.2) is 9.69 Å². The molecule has 3 amide bonds. The van der Waals surface area contributed by atoms with Gasteiger partial charge in [-0.15, -0.1) is 0 Å². The normalized spacial score (nSPS) is 14.4. The second kappa shape index (κ2) is 14.8. The molecule has 0 aromatic rings. The molecule has 29 heavy (non-hydrogen) atoms. The highest BCUT2D eigenvalue weighted by molar-refractivity contribution is 5.92. The molecule has 0 spiro atoms. The van der Waals surface area contributed by atoms with Gasteiger partial charge in [0, 0.05) is 25.8 Å². The highest BCUT2D eigenvalue weighted by Gasteiger charge is 2.25. The van der Waals surface area contributed by atoms with Crippen LogP contribution < -0.4 is 17.2 Å². The van der Waals surface area contributed by atoms with E-state index in [1.807, 2.05) is 0 Å². The van der Waals surface area contributed by atoms with Crippen LogP contribution in [-0.4, -0.2) is 79.8 Å². The predicted octanol–water partition coefficient (Wildman–Crippen LogP) is -1.79. The van der Waals surface area contributed by atoms with E-state index in [1.54, 1.807) is 0 Å². The van der Waals surface area contributed by atoms with Gasteiger partial charge in [-0.2, -0.15) is 0 Å². The molecule has 14 heteroatoms. The summed E-state index contributed by atoms with van der Waals surface area (Å²) in [6, 6.07) is -2.04.